The molecule has 0 heterocycles. The molecule has 0 unspecified atom stereocenters. The van der Waals surface area contributed by atoms with E-state index in [0.29, 0.717) is 12.5 Å². The third kappa shape index (κ3) is 6.57. The van der Waals surface area contributed by atoms with Gasteiger partial charge in [0, 0.05) is 12.2 Å². The molecule has 0 fully saturated rings. The van der Waals surface area contributed by atoms with Crippen molar-refractivity contribution in [3.05, 3.63) is 35.9 Å². The van der Waals surface area contributed by atoms with Crippen LogP contribution in [-0.4, -0.2) is 25.6 Å². The number of aliphatic imine (C=N–C) groups is 1. The van der Waals surface area contributed by atoms with Gasteiger partial charge in [0.25, 0.3) is 0 Å². The summed E-state index contributed by atoms with van der Waals surface area (Å²) in [5.74, 6) is 0.159. The van der Waals surface area contributed by atoms with Gasteiger partial charge in [-0.15, -0.1) is 0 Å². The molecule has 1 rings (SSSR count). The van der Waals surface area contributed by atoms with Crippen molar-refractivity contribution in [2.75, 3.05) is 19.0 Å². The topological polar surface area (TPSA) is 86.5 Å². The predicted octanol–water partition coefficient (Wildman–Crippen LogP) is 2.51. The van der Waals surface area contributed by atoms with Gasteiger partial charge in [-0.3, -0.25) is 15.1 Å². The number of carbonyl (C=O) groups excluding carboxylic acids is 1. The largest absolute Gasteiger partial charge is 0.469 e. The highest BCUT2D eigenvalue weighted by Crippen LogP contribution is 2.11. The summed E-state index contributed by atoms with van der Waals surface area (Å²) in [6.45, 7) is 2.66. The number of esters is 1. The number of ether oxygens (including phenoxy) is 1. The number of rotatable bonds is 6. The first-order chi connectivity index (χ1) is 10.7. The van der Waals surface area contributed by atoms with Gasteiger partial charge in [0.15, 0.2) is 6.19 Å². The molecule has 0 saturated carbocycles. The Morgan fingerprint density at radius 2 is 2.14 bits per heavy atom. The lowest BCUT2D eigenvalue weighted by molar-refractivity contribution is -0.139. The Bertz CT molecular complexity index is 571. The summed E-state index contributed by atoms with van der Waals surface area (Å²) >= 11 is 0. The van der Waals surface area contributed by atoms with Crippen LogP contribution in [0, 0.1) is 11.5 Å². The van der Waals surface area contributed by atoms with Gasteiger partial charge in [-0.25, -0.2) is 0 Å². The first-order valence-electron chi connectivity index (χ1n) is 6.99. The van der Waals surface area contributed by atoms with Crippen molar-refractivity contribution in [2.24, 2.45) is 4.99 Å². The molecule has 0 bridgehead atoms. The molecule has 0 aliphatic rings. The van der Waals surface area contributed by atoms with Crippen molar-refractivity contribution in [2.45, 2.75) is 19.8 Å². The number of nitrogens with one attached hydrogen (secondary N) is 2. The Labute approximate surface area is 130 Å². The molecule has 0 radical (unpaired) electrons. The molecule has 0 aliphatic carbocycles. The van der Waals surface area contributed by atoms with E-state index in [1.165, 1.54) is 7.11 Å². The Hall–Kier alpha value is -2.81. The predicted molar refractivity (Wildman–Crippen MR) is 87.1 cm³/mol. The number of hydrogen-bond donors (Lipinski definition) is 2. The third-order valence-corrected chi connectivity index (χ3v) is 2.66. The molecule has 0 aliphatic heterocycles. The van der Waals surface area contributed by atoms with Crippen LogP contribution in [0.15, 0.2) is 35.3 Å². The maximum absolute atomic E-state index is 11.0. The van der Waals surface area contributed by atoms with Gasteiger partial charge in [-0.05, 0) is 24.1 Å². The number of nitriles is 1. The Morgan fingerprint density at radius 1 is 1.41 bits per heavy atom. The van der Waals surface area contributed by atoms with E-state index in [1.807, 2.05) is 43.5 Å². The number of anilines is 1. The summed E-state index contributed by atoms with van der Waals surface area (Å²) in [5, 5.41) is 14.2. The molecule has 6 nitrogen and oxygen atoms in total. The van der Waals surface area contributed by atoms with Crippen LogP contribution in [0.1, 0.15) is 25.3 Å². The van der Waals surface area contributed by atoms with Crippen molar-refractivity contribution in [3.8, 4) is 6.19 Å². The van der Waals surface area contributed by atoms with Crippen LogP contribution in [0.25, 0.3) is 6.08 Å². The first-order valence-corrected chi connectivity index (χ1v) is 6.99. The molecule has 116 valence electrons. The van der Waals surface area contributed by atoms with E-state index >= 15 is 0 Å². The van der Waals surface area contributed by atoms with E-state index in [0.717, 1.165) is 17.7 Å². The van der Waals surface area contributed by atoms with Crippen molar-refractivity contribution < 1.29 is 9.53 Å². The lowest BCUT2D eigenvalue weighted by Gasteiger charge is -2.08. The number of carbonyl (C=O) groups is 1. The molecule has 0 spiro atoms. The van der Waals surface area contributed by atoms with Gasteiger partial charge in [0.05, 0.1) is 13.5 Å². The monoisotopic (exact) mass is 300 g/mol. The second-order valence-electron chi connectivity index (χ2n) is 4.40. The third-order valence-electron chi connectivity index (χ3n) is 2.66. The number of nitrogens with zero attached hydrogens (tertiary/aromatic N) is 2. The molecule has 22 heavy (non-hydrogen) atoms. The van der Waals surface area contributed by atoms with E-state index < -0.39 is 0 Å². The Kier molecular flexibility index (Phi) is 7.83. The van der Waals surface area contributed by atoms with Crippen molar-refractivity contribution >= 4 is 23.7 Å². The fourth-order valence-corrected chi connectivity index (χ4v) is 1.58. The minimum absolute atomic E-state index is 0.246. The van der Waals surface area contributed by atoms with Crippen molar-refractivity contribution in [1.29, 1.82) is 5.26 Å². The minimum Gasteiger partial charge on any atom is -0.469 e. The molecule has 0 atom stereocenters. The van der Waals surface area contributed by atoms with Gasteiger partial charge in [0.1, 0.15) is 0 Å². The molecule has 0 saturated heterocycles. The van der Waals surface area contributed by atoms with Crippen LogP contribution in [0.4, 0.5) is 5.69 Å². The Morgan fingerprint density at radius 3 is 2.73 bits per heavy atom. The second kappa shape index (κ2) is 10.00. The molecule has 1 aromatic carbocycles. The summed E-state index contributed by atoms with van der Waals surface area (Å²) in [4.78, 5) is 15.2. The molecule has 6 heteroatoms. The molecular formula is C16H20N4O2. The maximum atomic E-state index is 11.0. The van der Waals surface area contributed by atoms with Crippen LogP contribution < -0.4 is 10.6 Å². The van der Waals surface area contributed by atoms with Crippen molar-refractivity contribution in [3.63, 3.8) is 0 Å². The zero-order valence-electron chi connectivity index (χ0n) is 12.8. The normalized spacial score (nSPS) is 11.0. The van der Waals surface area contributed by atoms with Gasteiger partial charge in [-0.1, -0.05) is 31.2 Å². The quantitative estimate of drug-likeness (QED) is 0.277. The zero-order valence-corrected chi connectivity index (χ0v) is 12.8. The van der Waals surface area contributed by atoms with Crippen LogP contribution in [0.3, 0.4) is 0 Å². The van der Waals surface area contributed by atoms with E-state index in [9.17, 15) is 4.79 Å². The van der Waals surface area contributed by atoms with E-state index in [4.69, 9.17) is 5.26 Å². The highest BCUT2D eigenvalue weighted by molar-refractivity contribution is 5.94. The van der Waals surface area contributed by atoms with E-state index in [-0.39, 0.29) is 12.4 Å². The standard InChI is InChI=1S/C16H20N4O2/c1-3-11-18-16(19-12-17)20-14-9-7-13(8-10-14)5-4-6-15(21)22-2/h4-5,7-10H,3,6,11H2,1-2H3,(H2,18,19,20)/b5-4+. The summed E-state index contributed by atoms with van der Waals surface area (Å²) < 4.78 is 4.56. The summed E-state index contributed by atoms with van der Waals surface area (Å²) in [6.07, 6.45) is 6.60. The fraction of sp³-hybridized carbons (Fsp3) is 0.312. The van der Waals surface area contributed by atoms with Gasteiger partial charge >= 0.3 is 5.97 Å². The average Bonchev–Trinajstić information content (AvgIpc) is 2.54. The summed E-state index contributed by atoms with van der Waals surface area (Å²) in [5.41, 5.74) is 1.79. The zero-order chi connectivity index (χ0) is 16.2. The summed E-state index contributed by atoms with van der Waals surface area (Å²) in [7, 11) is 1.36. The summed E-state index contributed by atoms with van der Waals surface area (Å²) in [6, 6.07) is 7.55. The highest BCUT2D eigenvalue weighted by Gasteiger charge is 1.99. The molecule has 0 amide bonds. The number of methoxy groups -OCH3 is 1. The first kappa shape index (κ1) is 17.2. The smallest absolute Gasteiger partial charge is 0.309 e. The van der Waals surface area contributed by atoms with Gasteiger partial charge < -0.3 is 10.1 Å². The van der Waals surface area contributed by atoms with Gasteiger partial charge in [-0.2, -0.15) is 5.26 Å². The number of hydrogen-bond acceptors (Lipinski definition) is 4. The van der Waals surface area contributed by atoms with Crippen LogP contribution in [-0.2, 0) is 9.53 Å². The van der Waals surface area contributed by atoms with Crippen LogP contribution >= 0.6 is 0 Å². The fourth-order valence-electron chi connectivity index (χ4n) is 1.58. The van der Waals surface area contributed by atoms with Crippen LogP contribution in [0.2, 0.25) is 0 Å². The van der Waals surface area contributed by atoms with Crippen molar-refractivity contribution in [1.82, 2.24) is 5.32 Å². The maximum Gasteiger partial charge on any atom is 0.309 e. The second-order valence-corrected chi connectivity index (χ2v) is 4.40. The molecule has 2 N–H and O–H groups in total. The SMILES string of the molecule is CCCN=C(NC#N)Nc1ccc(/C=C/CC(=O)OC)cc1. The molecular weight excluding hydrogens is 280 g/mol. The molecule has 1 aromatic rings. The average molecular weight is 300 g/mol. The number of benzene rings is 1. The molecule has 0 aromatic heterocycles. The number of guanidine groups is 1. The van der Waals surface area contributed by atoms with E-state index in [1.54, 1.807) is 6.08 Å². The minimum atomic E-state index is -0.270. The Balaban J connectivity index is 2.64. The van der Waals surface area contributed by atoms with Crippen LogP contribution in [0.5, 0.6) is 0 Å². The highest BCUT2D eigenvalue weighted by atomic mass is 16.5. The lowest BCUT2D eigenvalue weighted by atomic mass is 10.2. The van der Waals surface area contributed by atoms with Gasteiger partial charge in [0.2, 0.25) is 5.96 Å². The lowest BCUT2D eigenvalue weighted by Crippen LogP contribution is -2.27. The van der Waals surface area contributed by atoms with E-state index in [2.05, 4.69) is 20.4 Å².